The molecule has 0 spiro atoms. The number of ether oxygens (including phenoxy) is 1. The van der Waals surface area contributed by atoms with E-state index in [1.165, 1.54) is 0 Å². The van der Waals surface area contributed by atoms with E-state index in [1.54, 1.807) is 7.11 Å². The highest BCUT2D eigenvalue weighted by Gasteiger charge is 2.20. The van der Waals surface area contributed by atoms with Crippen LogP contribution in [0.15, 0.2) is 12.1 Å². The van der Waals surface area contributed by atoms with Crippen molar-refractivity contribution < 1.29 is 14.6 Å². The van der Waals surface area contributed by atoms with Gasteiger partial charge in [-0.15, -0.1) is 0 Å². The van der Waals surface area contributed by atoms with Gasteiger partial charge in [0.1, 0.15) is 10.6 Å². The molecule has 0 atom stereocenters. The number of benzene rings is 1. The molecule has 1 aromatic carbocycles. The van der Waals surface area contributed by atoms with Gasteiger partial charge in [0.15, 0.2) is 5.13 Å². The van der Waals surface area contributed by atoms with Gasteiger partial charge in [-0.1, -0.05) is 11.3 Å². The van der Waals surface area contributed by atoms with E-state index in [2.05, 4.69) is 4.98 Å². The normalized spacial score (nSPS) is 10.5. The maximum absolute atomic E-state index is 11.2. The largest absolute Gasteiger partial charge is 0.496 e. The second-order valence-electron chi connectivity index (χ2n) is 4.17. The third-order valence-corrected chi connectivity index (χ3v) is 3.71. The van der Waals surface area contributed by atoms with Gasteiger partial charge < -0.3 is 15.6 Å². The minimum atomic E-state index is -1.02. The van der Waals surface area contributed by atoms with Crippen LogP contribution < -0.4 is 10.5 Å². The maximum Gasteiger partial charge on any atom is 0.348 e. The van der Waals surface area contributed by atoms with Crippen molar-refractivity contribution >= 4 is 22.4 Å². The lowest BCUT2D eigenvalue weighted by Gasteiger charge is -2.10. The van der Waals surface area contributed by atoms with Gasteiger partial charge in [-0.3, -0.25) is 0 Å². The number of aryl methyl sites for hydroxylation is 2. The molecule has 0 aliphatic carbocycles. The molecular weight excluding hydrogens is 264 g/mol. The van der Waals surface area contributed by atoms with Crippen LogP contribution in [0, 0.1) is 13.8 Å². The summed E-state index contributed by atoms with van der Waals surface area (Å²) in [6.45, 7) is 3.79. The Morgan fingerprint density at radius 3 is 2.63 bits per heavy atom. The molecule has 0 saturated heterocycles. The highest BCUT2D eigenvalue weighted by atomic mass is 32.1. The van der Waals surface area contributed by atoms with Crippen molar-refractivity contribution in [2.24, 2.45) is 0 Å². The molecule has 19 heavy (non-hydrogen) atoms. The summed E-state index contributed by atoms with van der Waals surface area (Å²) in [6.07, 6.45) is 0. The summed E-state index contributed by atoms with van der Waals surface area (Å²) in [5.74, 6) is -0.251. The van der Waals surface area contributed by atoms with Crippen molar-refractivity contribution in [1.29, 1.82) is 0 Å². The van der Waals surface area contributed by atoms with Crippen LogP contribution in [-0.4, -0.2) is 23.2 Å². The number of nitrogens with two attached hydrogens (primary N) is 1. The molecule has 5 nitrogen and oxygen atoms in total. The van der Waals surface area contributed by atoms with E-state index in [0.29, 0.717) is 5.69 Å². The average Bonchev–Trinajstić information content (AvgIpc) is 2.73. The lowest BCUT2D eigenvalue weighted by molar-refractivity contribution is 0.0702. The SMILES string of the molecule is COc1cc(C)c(-c2nc(N)sc2C(=O)O)cc1C. The first-order chi connectivity index (χ1) is 8.93. The van der Waals surface area contributed by atoms with Crippen molar-refractivity contribution in [3.05, 3.63) is 28.1 Å². The molecule has 6 heteroatoms. The van der Waals surface area contributed by atoms with Crippen LogP contribution >= 0.6 is 11.3 Å². The Labute approximate surface area is 114 Å². The summed E-state index contributed by atoms with van der Waals surface area (Å²) < 4.78 is 5.24. The molecule has 0 amide bonds. The number of aromatic carboxylic acids is 1. The first-order valence-corrected chi connectivity index (χ1v) is 6.41. The zero-order valence-corrected chi connectivity index (χ0v) is 11.7. The zero-order valence-electron chi connectivity index (χ0n) is 10.9. The molecule has 0 aliphatic rings. The fourth-order valence-electron chi connectivity index (χ4n) is 1.93. The van der Waals surface area contributed by atoms with Crippen LogP contribution in [0.4, 0.5) is 5.13 Å². The van der Waals surface area contributed by atoms with Gasteiger partial charge in [-0.2, -0.15) is 0 Å². The van der Waals surface area contributed by atoms with Crippen LogP contribution in [0.25, 0.3) is 11.3 Å². The molecule has 2 aromatic rings. The quantitative estimate of drug-likeness (QED) is 0.901. The third kappa shape index (κ3) is 2.39. The molecule has 3 N–H and O–H groups in total. The number of hydrogen-bond acceptors (Lipinski definition) is 5. The van der Waals surface area contributed by atoms with E-state index in [1.807, 2.05) is 26.0 Å². The fourth-order valence-corrected chi connectivity index (χ4v) is 2.61. The first-order valence-electron chi connectivity index (χ1n) is 5.59. The number of thiazole rings is 1. The van der Waals surface area contributed by atoms with Gasteiger partial charge in [-0.05, 0) is 37.1 Å². The van der Waals surface area contributed by atoms with Crippen LogP contribution in [0.2, 0.25) is 0 Å². The number of rotatable bonds is 3. The predicted octanol–water partition coefficient (Wildman–Crippen LogP) is 2.72. The van der Waals surface area contributed by atoms with Crippen molar-refractivity contribution in [2.75, 3.05) is 12.8 Å². The van der Waals surface area contributed by atoms with Crippen LogP contribution in [0.3, 0.4) is 0 Å². The number of carboxylic acid groups (broad SMARTS) is 1. The van der Waals surface area contributed by atoms with Gasteiger partial charge in [0.05, 0.1) is 12.8 Å². The fraction of sp³-hybridized carbons (Fsp3) is 0.231. The molecule has 0 fully saturated rings. The Bertz CT molecular complexity index is 650. The number of hydrogen-bond donors (Lipinski definition) is 2. The topological polar surface area (TPSA) is 85.4 Å². The van der Waals surface area contributed by atoms with E-state index >= 15 is 0 Å². The number of nitrogens with zero attached hydrogens (tertiary/aromatic N) is 1. The van der Waals surface area contributed by atoms with Crippen molar-refractivity contribution in [3.8, 4) is 17.0 Å². The minimum absolute atomic E-state index is 0.158. The van der Waals surface area contributed by atoms with E-state index in [-0.39, 0.29) is 10.0 Å². The predicted molar refractivity (Wildman–Crippen MR) is 74.9 cm³/mol. The van der Waals surface area contributed by atoms with Crippen molar-refractivity contribution in [2.45, 2.75) is 13.8 Å². The molecule has 0 aliphatic heterocycles. The van der Waals surface area contributed by atoms with Crippen LogP contribution in [0.5, 0.6) is 5.75 Å². The summed E-state index contributed by atoms with van der Waals surface area (Å²) in [5.41, 5.74) is 8.62. The second kappa shape index (κ2) is 4.89. The van der Waals surface area contributed by atoms with E-state index in [9.17, 15) is 9.90 Å². The van der Waals surface area contributed by atoms with Crippen LogP contribution in [-0.2, 0) is 0 Å². The molecule has 1 aromatic heterocycles. The molecule has 0 unspecified atom stereocenters. The Morgan fingerprint density at radius 1 is 1.37 bits per heavy atom. The number of carbonyl (C=O) groups is 1. The Kier molecular flexibility index (Phi) is 3.44. The monoisotopic (exact) mass is 278 g/mol. The maximum atomic E-state index is 11.2. The second-order valence-corrected chi connectivity index (χ2v) is 5.20. The number of carboxylic acids is 1. The molecule has 0 saturated carbocycles. The Balaban J connectivity index is 2.65. The summed E-state index contributed by atoms with van der Waals surface area (Å²) in [7, 11) is 1.60. The van der Waals surface area contributed by atoms with Gasteiger partial charge in [0.2, 0.25) is 0 Å². The molecule has 2 rings (SSSR count). The summed E-state index contributed by atoms with van der Waals surface area (Å²) in [6, 6.07) is 3.74. The highest BCUT2D eigenvalue weighted by molar-refractivity contribution is 7.17. The number of nitrogen functional groups attached to an aromatic ring is 1. The van der Waals surface area contributed by atoms with E-state index in [4.69, 9.17) is 10.5 Å². The van der Waals surface area contributed by atoms with Crippen LogP contribution in [0.1, 0.15) is 20.8 Å². The summed E-state index contributed by atoms with van der Waals surface area (Å²) in [4.78, 5) is 15.5. The molecule has 1 heterocycles. The standard InChI is InChI=1S/C13H14N2O3S/c1-6-5-9(18-3)7(2)4-8(6)10-11(12(16)17)19-13(14)15-10/h4-5H,1-3H3,(H2,14,15)(H,16,17). The Hall–Kier alpha value is -2.08. The number of methoxy groups -OCH3 is 1. The summed E-state index contributed by atoms with van der Waals surface area (Å²) >= 11 is 0.978. The number of aromatic nitrogens is 1. The lowest BCUT2D eigenvalue weighted by Crippen LogP contribution is -1.98. The summed E-state index contributed by atoms with van der Waals surface area (Å²) in [5, 5.41) is 9.44. The van der Waals surface area contributed by atoms with Gasteiger partial charge >= 0.3 is 5.97 Å². The number of anilines is 1. The smallest absolute Gasteiger partial charge is 0.348 e. The zero-order chi connectivity index (χ0) is 14.2. The minimum Gasteiger partial charge on any atom is -0.496 e. The Morgan fingerprint density at radius 2 is 2.05 bits per heavy atom. The van der Waals surface area contributed by atoms with Gasteiger partial charge in [0.25, 0.3) is 0 Å². The average molecular weight is 278 g/mol. The molecular formula is C13H14N2O3S. The van der Waals surface area contributed by atoms with Crippen molar-refractivity contribution in [3.63, 3.8) is 0 Å². The molecule has 100 valence electrons. The van der Waals surface area contributed by atoms with E-state index in [0.717, 1.165) is 33.8 Å². The van der Waals surface area contributed by atoms with Gasteiger partial charge in [-0.25, -0.2) is 9.78 Å². The molecule has 0 radical (unpaired) electrons. The highest BCUT2D eigenvalue weighted by Crippen LogP contribution is 2.34. The van der Waals surface area contributed by atoms with Gasteiger partial charge in [0, 0.05) is 5.56 Å². The van der Waals surface area contributed by atoms with Crippen molar-refractivity contribution in [1.82, 2.24) is 4.98 Å². The van der Waals surface area contributed by atoms with E-state index < -0.39 is 5.97 Å². The third-order valence-electron chi connectivity index (χ3n) is 2.83. The lowest BCUT2D eigenvalue weighted by atomic mass is 10.0. The first kappa shape index (κ1) is 13.4. The molecule has 0 bridgehead atoms.